The van der Waals surface area contributed by atoms with Crippen LogP contribution in [-0.2, 0) is 14.3 Å². The predicted octanol–water partition coefficient (Wildman–Crippen LogP) is 14.7. The van der Waals surface area contributed by atoms with Gasteiger partial charge in [0.25, 0.3) is 0 Å². The first-order chi connectivity index (χ1) is 24.7. The van der Waals surface area contributed by atoms with Gasteiger partial charge in [-0.05, 0) is 44.9 Å². The second-order valence-corrected chi connectivity index (χ2v) is 15.1. The largest absolute Gasteiger partial charge is 0.457 e. The zero-order valence-corrected chi connectivity index (χ0v) is 33.9. The third-order valence-corrected chi connectivity index (χ3v) is 10.0. The molecule has 0 spiro atoms. The molecule has 0 aliphatic rings. The van der Waals surface area contributed by atoms with Gasteiger partial charge in [0.1, 0.15) is 6.10 Å². The van der Waals surface area contributed by atoms with E-state index in [9.17, 15) is 9.90 Å². The SMILES string of the molecule is CCCCC/C=C\C/C=C\CCCCCCCC(=O)OC(CO)COCCCCCCCCCCCCCCCCCCCCCCCCC. The van der Waals surface area contributed by atoms with E-state index in [0.29, 0.717) is 19.6 Å². The Labute approximate surface area is 313 Å². The van der Waals surface area contributed by atoms with Gasteiger partial charge in [-0.3, -0.25) is 4.79 Å². The van der Waals surface area contributed by atoms with Gasteiger partial charge in [-0.25, -0.2) is 0 Å². The predicted molar refractivity (Wildman–Crippen MR) is 219 cm³/mol. The van der Waals surface area contributed by atoms with Crippen molar-refractivity contribution >= 4 is 5.97 Å². The zero-order chi connectivity index (χ0) is 36.3. The highest BCUT2D eigenvalue weighted by Gasteiger charge is 2.13. The number of aliphatic hydroxyl groups is 1. The number of carbonyl (C=O) groups excluding carboxylic acids is 1. The molecule has 0 rings (SSSR count). The smallest absolute Gasteiger partial charge is 0.306 e. The monoisotopic (exact) mass is 705 g/mol. The van der Waals surface area contributed by atoms with Gasteiger partial charge in [0.2, 0.25) is 0 Å². The summed E-state index contributed by atoms with van der Waals surface area (Å²) in [5.41, 5.74) is 0. The third kappa shape index (κ3) is 41.3. The molecule has 4 heteroatoms. The van der Waals surface area contributed by atoms with Crippen LogP contribution in [0.25, 0.3) is 0 Å². The molecular weight excluding hydrogens is 617 g/mol. The Morgan fingerprint density at radius 2 is 0.840 bits per heavy atom. The van der Waals surface area contributed by atoms with Crippen LogP contribution in [-0.4, -0.2) is 37.0 Å². The summed E-state index contributed by atoms with van der Waals surface area (Å²) in [4.78, 5) is 12.2. The standard InChI is InChI=1S/C46H88O4/c1-3-5-7-9-11-13-15-17-19-20-21-22-23-24-25-26-28-30-32-34-36-38-40-42-49-44-45(43-47)50-46(48)41-39-37-35-33-31-29-27-18-16-14-12-10-8-6-4-2/h12,14,18,27,45,47H,3-11,13,15-17,19-26,28-44H2,1-2H3/b14-12-,27-18-. The van der Waals surface area contributed by atoms with Crippen LogP contribution in [0.1, 0.15) is 239 Å². The van der Waals surface area contributed by atoms with Crippen molar-refractivity contribution in [1.29, 1.82) is 0 Å². The fourth-order valence-electron chi connectivity index (χ4n) is 6.65. The summed E-state index contributed by atoms with van der Waals surface area (Å²) in [6.07, 6.45) is 53.9. The Hall–Kier alpha value is -1.13. The normalized spacial score (nSPS) is 12.5. The molecule has 0 fully saturated rings. The van der Waals surface area contributed by atoms with Crippen LogP contribution < -0.4 is 0 Å². The topological polar surface area (TPSA) is 55.8 Å². The molecule has 0 heterocycles. The van der Waals surface area contributed by atoms with E-state index in [1.165, 1.54) is 180 Å². The number of carbonyl (C=O) groups is 1. The lowest BCUT2D eigenvalue weighted by Crippen LogP contribution is -2.27. The lowest BCUT2D eigenvalue weighted by Gasteiger charge is -2.15. The van der Waals surface area contributed by atoms with Crippen molar-refractivity contribution < 1.29 is 19.4 Å². The molecule has 4 nitrogen and oxygen atoms in total. The van der Waals surface area contributed by atoms with E-state index in [1.807, 2.05) is 0 Å². The van der Waals surface area contributed by atoms with Crippen molar-refractivity contribution in [1.82, 2.24) is 0 Å². The molecule has 0 aromatic carbocycles. The van der Waals surface area contributed by atoms with E-state index >= 15 is 0 Å². The molecule has 0 amide bonds. The van der Waals surface area contributed by atoms with Gasteiger partial charge < -0.3 is 14.6 Å². The summed E-state index contributed by atoms with van der Waals surface area (Å²) in [5.74, 6) is -0.210. The molecule has 296 valence electrons. The maximum atomic E-state index is 12.2. The fourth-order valence-corrected chi connectivity index (χ4v) is 6.65. The molecule has 1 N–H and O–H groups in total. The minimum atomic E-state index is -0.537. The van der Waals surface area contributed by atoms with Crippen molar-refractivity contribution in [3.63, 3.8) is 0 Å². The van der Waals surface area contributed by atoms with Crippen LogP contribution in [0.4, 0.5) is 0 Å². The fraction of sp³-hybridized carbons (Fsp3) is 0.891. The highest BCUT2D eigenvalue weighted by molar-refractivity contribution is 5.69. The van der Waals surface area contributed by atoms with Gasteiger partial charge in [0.15, 0.2) is 0 Å². The van der Waals surface area contributed by atoms with Crippen molar-refractivity contribution in [3.8, 4) is 0 Å². The van der Waals surface area contributed by atoms with Crippen LogP contribution in [0.15, 0.2) is 24.3 Å². The second kappa shape index (κ2) is 44.0. The summed E-state index contributed by atoms with van der Waals surface area (Å²) >= 11 is 0. The summed E-state index contributed by atoms with van der Waals surface area (Å²) in [5, 5.41) is 9.60. The van der Waals surface area contributed by atoms with E-state index in [2.05, 4.69) is 38.2 Å². The second-order valence-electron chi connectivity index (χ2n) is 15.1. The Morgan fingerprint density at radius 1 is 0.480 bits per heavy atom. The van der Waals surface area contributed by atoms with Crippen LogP contribution in [0.5, 0.6) is 0 Å². The molecular formula is C46H88O4. The lowest BCUT2D eigenvalue weighted by molar-refractivity contribution is -0.154. The van der Waals surface area contributed by atoms with E-state index in [0.717, 1.165) is 38.5 Å². The van der Waals surface area contributed by atoms with Crippen molar-refractivity contribution in [2.45, 2.75) is 245 Å². The molecule has 0 aliphatic carbocycles. The zero-order valence-electron chi connectivity index (χ0n) is 33.9. The molecule has 1 unspecified atom stereocenters. The van der Waals surface area contributed by atoms with Crippen molar-refractivity contribution in [2.24, 2.45) is 0 Å². The minimum absolute atomic E-state index is 0.173. The molecule has 0 radical (unpaired) electrons. The van der Waals surface area contributed by atoms with Gasteiger partial charge >= 0.3 is 5.97 Å². The number of allylic oxidation sites excluding steroid dienone is 4. The highest BCUT2D eigenvalue weighted by atomic mass is 16.6. The van der Waals surface area contributed by atoms with Gasteiger partial charge in [-0.1, -0.05) is 212 Å². The van der Waals surface area contributed by atoms with Gasteiger partial charge in [0.05, 0.1) is 13.2 Å². The Morgan fingerprint density at radius 3 is 1.28 bits per heavy atom. The number of hydrogen-bond donors (Lipinski definition) is 1. The van der Waals surface area contributed by atoms with Crippen LogP contribution in [0.3, 0.4) is 0 Å². The van der Waals surface area contributed by atoms with Crippen LogP contribution in [0.2, 0.25) is 0 Å². The van der Waals surface area contributed by atoms with Crippen LogP contribution >= 0.6 is 0 Å². The van der Waals surface area contributed by atoms with Crippen molar-refractivity contribution in [2.75, 3.05) is 19.8 Å². The maximum Gasteiger partial charge on any atom is 0.306 e. The molecule has 0 aromatic heterocycles. The summed E-state index contributed by atoms with van der Waals surface area (Å²) in [6, 6.07) is 0. The maximum absolute atomic E-state index is 12.2. The van der Waals surface area contributed by atoms with Gasteiger partial charge in [-0.15, -0.1) is 0 Å². The summed E-state index contributed by atoms with van der Waals surface area (Å²) in [7, 11) is 0. The summed E-state index contributed by atoms with van der Waals surface area (Å²) < 4.78 is 11.2. The third-order valence-electron chi connectivity index (χ3n) is 10.0. The first-order valence-corrected chi connectivity index (χ1v) is 22.4. The minimum Gasteiger partial charge on any atom is -0.457 e. The molecule has 50 heavy (non-hydrogen) atoms. The number of ether oxygens (including phenoxy) is 2. The first kappa shape index (κ1) is 48.9. The summed E-state index contributed by atoms with van der Waals surface area (Å²) in [6.45, 7) is 5.34. The molecule has 0 aromatic rings. The number of esters is 1. The lowest BCUT2D eigenvalue weighted by atomic mass is 10.0. The quantitative estimate of drug-likeness (QED) is 0.0390. The number of aliphatic hydroxyl groups excluding tert-OH is 1. The number of hydrogen-bond acceptors (Lipinski definition) is 4. The Balaban J connectivity index is 3.37. The van der Waals surface area contributed by atoms with E-state index in [4.69, 9.17) is 9.47 Å². The van der Waals surface area contributed by atoms with E-state index in [1.54, 1.807) is 0 Å². The average Bonchev–Trinajstić information content (AvgIpc) is 3.12. The van der Waals surface area contributed by atoms with Crippen LogP contribution in [0, 0.1) is 0 Å². The van der Waals surface area contributed by atoms with E-state index < -0.39 is 6.10 Å². The van der Waals surface area contributed by atoms with Gasteiger partial charge in [0, 0.05) is 13.0 Å². The Bertz CT molecular complexity index is 702. The molecule has 0 bridgehead atoms. The average molecular weight is 705 g/mol. The van der Waals surface area contributed by atoms with Gasteiger partial charge in [-0.2, -0.15) is 0 Å². The molecule has 0 aliphatic heterocycles. The molecule has 0 saturated carbocycles. The first-order valence-electron chi connectivity index (χ1n) is 22.4. The number of rotatable bonds is 42. The molecule has 0 saturated heterocycles. The Kier molecular flexibility index (Phi) is 43.0. The highest BCUT2D eigenvalue weighted by Crippen LogP contribution is 2.16. The number of unbranched alkanes of at least 4 members (excludes halogenated alkanes) is 30. The van der Waals surface area contributed by atoms with Crippen molar-refractivity contribution in [3.05, 3.63) is 24.3 Å². The van der Waals surface area contributed by atoms with E-state index in [-0.39, 0.29) is 12.6 Å². The molecule has 1 atom stereocenters.